The number of sulfonamides is 2. The van der Waals surface area contributed by atoms with E-state index in [0.717, 1.165) is 0 Å². The van der Waals surface area contributed by atoms with Gasteiger partial charge in [-0.1, -0.05) is 18.2 Å². The highest BCUT2D eigenvalue weighted by Gasteiger charge is 2.14. The summed E-state index contributed by atoms with van der Waals surface area (Å²) in [6, 6.07) is 20.4. The first-order chi connectivity index (χ1) is 14.1. The van der Waals surface area contributed by atoms with Crippen molar-refractivity contribution in [1.29, 1.82) is 0 Å². The van der Waals surface area contributed by atoms with Gasteiger partial charge in [-0.05, 0) is 72.9 Å². The van der Waals surface area contributed by atoms with Crippen LogP contribution in [-0.4, -0.2) is 21.9 Å². The Morgan fingerprint density at radius 3 is 1.60 bits per heavy atom. The quantitative estimate of drug-likeness (QED) is 0.414. The summed E-state index contributed by atoms with van der Waals surface area (Å²) in [6.07, 6.45) is 0. The minimum absolute atomic E-state index is 0.00663. The Kier molecular flexibility index (Phi) is 6.37. The van der Waals surface area contributed by atoms with Crippen LogP contribution < -0.4 is 20.5 Å². The van der Waals surface area contributed by atoms with Crippen LogP contribution in [0.2, 0.25) is 0 Å². The zero-order valence-corrected chi connectivity index (χ0v) is 17.9. The highest BCUT2D eigenvalue weighted by Crippen LogP contribution is 2.19. The van der Waals surface area contributed by atoms with Crippen LogP contribution in [0.3, 0.4) is 0 Å². The Morgan fingerprint density at radius 2 is 1.13 bits per heavy atom. The minimum atomic E-state index is -3.76. The molecular weight excluding hydrogens is 444 g/mol. The highest BCUT2D eigenvalue weighted by molar-refractivity contribution is 7.92. The maximum atomic E-state index is 12.5. The average Bonchev–Trinajstić information content (AvgIpc) is 2.68. The largest absolute Gasteiger partial charge is 0.332 e. The molecule has 0 aliphatic heterocycles. The molecule has 8 nitrogen and oxygen atoms in total. The zero-order valence-electron chi connectivity index (χ0n) is 15.4. The number of anilines is 3. The van der Waals surface area contributed by atoms with Gasteiger partial charge in [-0.25, -0.2) is 22.0 Å². The van der Waals surface area contributed by atoms with Crippen molar-refractivity contribution in [3.05, 3.63) is 78.9 Å². The van der Waals surface area contributed by atoms with E-state index in [1.54, 1.807) is 42.5 Å². The van der Waals surface area contributed by atoms with Crippen molar-refractivity contribution in [3.63, 3.8) is 0 Å². The third-order valence-corrected chi connectivity index (χ3v) is 6.42. The Labute approximate surface area is 180 Å². The Balaban J connectivity index is 1.63. The maximum Gasteiger partial charge on any atom is 0.261 e. The van der Waals surface area contributed by atoms with Gasteiger partial charge in [0, 0.05) is 17.1 Å². The summed E-state index contributed by atoms with van der Waals surface area (Å²) in [7, 11) is -7.47. The molecule has 0 heterocycles. The summed E-state index contributed by atoms with van der Waals surface area (Å²) in [5.74, 6) is 0. The fourth-order valence-electron chi connectivity index (χ4n) is 2.46. The second kappa shape index (κ2) is 8.79. The fraction of sp³-hybridized carbons (Fsp3) is 0. The summed E-state index contributed by atoms with van der Waals surface area (Å²) in [5.41, 5.74) is 1.61. The van der Waals surface area contributed by atoms with Crippen molar-refractivity contribution in [2.24, 2.45) is 5.14 Å². The number of para-hydroxylation sites is 1. The van der Waals surface area contributed by atoms with Crippen LogP contribution in [0.1, 0.15) is 0 Å². The van der Waals surface area contributed by atoms with Gasteiger partial charge < -0.3 is 10.6 Å². The number of primary sulfonamides is 1. The van der Waals surface area contributed by atoms with Crippen LogP contribution in [0.15, 0.2) is 88.7 Å². The van der Waals surface area contributed by atoms with Gasteiger partial charge in [0.2, 0.25) is 10.0 Å². The molecule has 156 valence electrons. The number of rotatable bonds is 6. The van der Waals surface area contributed by atoms with Crippen LogP contribution in [0.25, 0.3) is 0 Å². The molecule has 30 heavy (non-hydrogen) atoms. The standard InChI is InChI=1S/C19H18N4O4S3/c20-29(24,25)17-10-6-14(7-11-17)21-19(28)22-15-8-12-18(13-9-15)30(26,27)23-16-4-2-1-3-5-16/h1-13,23H,(H2,20,24,25)(H2,21,22,28). The highest BCUT2D eigenvalue weighted by atomic mass is 32.2. The van der Waals surface area contributed by atoms with E-state index in [2.05, 4.69) is 15.4 Å². The average molecular weight is 463 g/mol. The second-order valence-corrected chi connectivity index (χ2v) is 9.80. The first-order valence-electron chi connectivity index (χ1n) is 8.52. The fourth-order valence-corrected chi connectivity index (χ4v) is 4.27. The third kappa shape index (κ3) is 5.76. The number of nitrogens with one attached hydrogen (secondary N) is 3. The predicted molar refractivity (Wildman–Crippen MR) is 121 cm³/mol. The van der Waals surface area contributed by atoms with Gasteiger partial charge in [-0.3, -0.25) is 4.72 Å². The molecule has 0 bridgehead atoms. The Bertz CT molecular complexity index is 1240. The van der Waals surface area contributed by atoms with Crippen LogP contribution >= 0.6 is 12.2 Å². The molecule has 0 atom stereocenters. The van der Waals surface area contributed by atoms with Crippen LogP contribution in [0.5, 0.6) is 0 Å². The SMILES string of the molecule is NS(=O)(=O)c1ccc(NC(=S)Nc2ccc(S(=O)(=O)Nc3ccccc3)cc2)cc1. The van der Waals surface area contributed by atoms with E-state index < -0.39 is 20.0 Å². The first-order valence-corrected chi connectivity index (χ1v) is 12.0. The van der Waals surface area contributed by atoms with Gasteiger partial charge in [-0.15, -0.1) is 0 Å². The summed E-state index contributed by atoms with van der Waals surface area (Å²) < 4.78 is 50.0. The molecule has 5 N–H and O–H groups in total. The van der Waals surface area contributed by atoms with E-state index >= 15 is 0 Å². The molecule has 0 aromatic heterocycles. The smallest absolute Gasteiger partial charge is 0.261 e. The van der Waals surface area contributed by atoms with E-state index in [9.17, 15) is 16.8 Å². The Morgan fingerprint density at radius 1 is 0.667 bits per heavy atom. The molecule has 0 unspecified atom stereocenters. The normalized spacial score (nSPS) is 11.5. The second-order valence-electron chi connectivity index (χ2n) is 6.14. The number of benzene rings is 3. The van der Waals surface area contributed by atoms with Crippen LogP contribution in [-0.2, 0) is 20.0 Å². The van der Waals surface area contributed by atoms with Crippen molar-refractivity contribution in [2.45, 2.75) is 9.79 Å². The first kappa shape index (κ1) is 21.7. The van der Waals surface area contributed by atoms with Crippen molar-refractivity contribution < 1.29 is 16.8 Å². The summed E-state index contributed by atoms with van der Waals surface area (Å²) in [5, 5.41) is 11.1. The van der Waals surface area contributed by atoms with Crippen molar-refractivity contribution in [2.75, 3.05) is 15.4 Å². The summed E-state index contributed by atoms with van der Waals surface area (Å²) in [6.45, 7) is 0. The number of nitrogens with two attached hydrogens (primary N) is 1. The number of hydrogen-bond donors (Lipinski definition) is 4. The topological polar surface area (TPSA) is 130 Å². The van der Waals surface area contributed by atoms with E-state index in [0.29, 0.717) is 17.1 Å². The van der Waals surface area contributed by atoms with Gasteiger partial charge in [0.25, 0.3) is 10.0 Å². The molecule has 0 amide bonds. The molecule has 3 aromatic rings. The summed E-state index contributed by atoms with van der Waals surface area (Å²) in [4.78, 5) is 0.0993. The molecule has 0 aliphatic carbocycles. The number of thiocarbonyl (C=S) groups is 1. The van der Waals surface area contributed by atoms with Gasteiger partial charge in [0.1, 0.15) is 0 Å². The molecular formula is C19H18N4O4S3. The van der Waals surface area contributed by atoms with Crippen molar-refractivity contribution in [1.82, 2.24) is 0 Å². The molecule has 0 fully saturated rings. The van der Waals surface area contributed by atoms with Crippen molar-refractivity contribution in [3.8, 4) is 0 Å². The molecule has 0 saturated heterocycles. The van der Waals surface area contributed by atoms with Gasteiger partial charge >= 0.3 is 0 Å². The van der Waals surface area contributed by atoms with Gasteiger partial charge in [0.05, 0.1) is 9.79 Å². The minimum Gasteiger partial charge on any atom is -0.332 e. The molecule has 0 aliphatic rings. The van der Waals surface area contributed by atoms with Crippen molar-refractivity contribution >= 4 is 54.4 Å². The zero-order chi connectivity index (χ0) is 21.8. The number of hydrogen-bond acceptors (Lipinski definition) is 5. The van der Waals surface area contributed by atoms with Crippen LogP contribution in [0, 0.1) is 0 Å². The molecule has 3 aromatic carbocycles. The lowest BCUT2D eigenvalue weighted by Crippen LogP contribution is -2.19. The lowest BCUT2D eigenvalue weighted by molar-refractivity contribution is 0.597. The lowest BCUT2D eigenvalue weighted by atomic mass is 10.3. The molecule has 0 saturated carbocycles. The van der Waals surface area contributed by atoms with E-state index in [1.165, 1.54) is 36.4 Å². The predicted octanol–water partition coefficient (Wildman–Crippen LogP) is 2.94. The van der Waals surface area contributed by atoms with Gasteiger partial charge in [0.15, 0.2) is 5.11 Å². The van der Waals surface area contributed by atoms with Crippen LogP contribution in [0.4, 0.5) is 17.1 Å². The lowest BCUT2D eigenvalue weighted by Gasteiger charge is -2.12. The van der Waals surface area contributed by atoms with E-state index in [-0.39, 0.29) is 14.9 Å². The summed E-state index contributed by atoms with van der Waals surface area (Å²) >= 11 is 5.22. The van der Waals surface area contributed by atoms with E-state index in [1.807, 2.05) is 0 Å². The third-order valence-electron chi connectivity index (χ3n) is 3.89. The maximum absolute atomic E-state index is 12.5. The molecule has 0 spiro atoms. The van der Waals surface area contributed by atoms with E-state index in [4.69, 9.17) is 17.4 Å². The van der Waals surface area contributed by atoms with Gasteiger partial charge in [-0.2, -0.15) is 0 Å². The molecule has 11 heteroatoms. The monoisotopic (exact) mass is 462 g/mol. The Hall–Kier alpha value is -2.99. The molecule has 0 radical (unpaired) electrons. The molecule has 3 rings (SSSR count).